The molecule has 6 nitrogen and oxygen atoms in total. The number of benzene rings is 2. The van der Waals surface area contributed by atoms with Gasteiger partial charge in [0.1, 0.15) is 6.07 Å². The van der Waals surface area contributed by atoms with E-state index in [4.69, 9.17) is 0 Å². The van der Waals surface area contributed by atoms with Crippen LogP contribution in [0.15, 0.2) is 54.6 Å². The Balaban J connectivity index is 1.56. The molecule has 1 aliphatic heterocycles. The van der Waals surface area contributed by atoms with Gasteiger partial charge in [-0.3, -0.25) is 0 Å². The summed E-state index contributed by atoms with van der Waals surface area (Å²) < 4.78 is 0. The van der Waals surface area contributed by atoms with Crippen LogP contribution in [0, 0.1) is 11.3 Å². The maximum atomic E-state index is 9.56. The molecule has 0 atom stereocenters. The number of hydrogen-bond acceptors (Lipinski definition) is 5. The van der Waals surface area contributed by atoms with Crippen molar-refractivity contribution in [3.63, 3.8) is 0 Å². The maximum Gasteiger partial charge on any atom is 0.207 e. The molecule has 0 radical (unpaired) electrons. The van der Waals surface area contributed by atoms with Crippen LogP contribution in [0.5, 0.6) is 0 Å². The fourth-order valence-corrected chi connectivity index (χ4v) is 3.51. The highest BCUT2D eigenvalue weighted by molar-refractivity contribution is 5.54. The van der Waals surface area contributed by atoms with Gasteiger partial charge in [-0.25, -0.2) is 0 Å². The van der Waals surface area contributed by atoms with Crippen molar-refractivity contribution in [3.05, 3.63) is 65.9 Å². The summed E-state index contributed by atoms with van der Waals surface area (Å²) in [4.78, 5) is 6.13. The number of hydrogen-bond donors (Lipinski definition) is 0. The minimum absolute atomic E-state index is 0.383. The molecule has 0 N–H and O–H groups in total. The predicted molar refractivity (Wildman–Crippen MR) is 106 cm³/mol. The predicted octanol–water partition coefficient (Wildman–Crippen LogP) is 3.03. The lowest BCUT2D eigenvalue weighted by atomic mass is 10.1. The van der Waals surface area contributed by atoms with E-state index in [0.29, 0.717) is 11.5 Å². The van der Waals surface area contributed by atoms with E-state index in [1.807, 2.05) is 24.3 Å². The second-order valence-electron chi connectivity index (χ2n) is 6.57. The standard InChI is InChI=1S/C21H22N6/c1-2-17-8-6-7-11-20(17)27-23-19(16-22)21(24-27)26-14-12-25(13-15-26)18-9-4-3-5-10-18/h3-11H,2,12-15H2,1H3. The lowest BCUT2D eigenvalue weighted by Crippen LogP contribution is -2.47. The van der Waals surface area contributed by atoms with Gasteiger partial charge in [-0.1, -0.05) is 43.3 Å². The fraction of sp³-hybridized carbons (Fsp3) is 0.286. The third kappa shape index (κ3) is 3.36. The van der Waals surface area contributed by atoms with Gasteiger partial charge in [0.15, 0.2) is 5.82 Å². The van der Waals surface area contributed by atoms with Gasteiger partial charge in [-0.15, -0.1) is 15.0 Å². The lowest BCUT2D eigenvalue weighted by molar-refractivity contribution is 0.641. The van der Waals surface area contributed by atoms with Crippen LogP contribution in [-0.4, -0.2) is 41.2 Å². The van der Waals surface area contributed by atoms with Crippen molar-refractivity contribution >= 4 is 11.5 Å². The van der Waals surface area contributed by atoms with Crippen LogP contribution >= 0.6 is 0 Å². The second kappa shape index (κ2) is 7.50. The van der Waals surface area contributed by atoms with Crippen LogP contribution in [0.25, 0.3) is 5.69 Å². The van der Waals surface area contributed by atoms with Crippen LogP contribution in [-0.2, 0) is 6.42 Å². The van der Waals surface area contributed by atoms with Gasteiger partial charge >= 0.3 is 0 Å². The van der Waals surface area contributed by atoms with E-state index in [1.54, 1.807) is 4.80 Å². The zero-order valence-electron chi connectivity index (χ0n) is 15.4. The van der Waals surface area contributed by atoms with E-state index in [-0.39, 0.29) is 0 Å². The zero-order valence-corrected chi connectivity index (χ0v) is 15.4. The first-order valence-electron chi connectivity index (χ1n) is 9.31. The summed E-state index contributed by atoms with van der Waals surface area (Å²) in [6, 6.07) is 20.7. The first-order chi connectivity index (χ1) is 13.3. The molecule has 4 rings (SSSR count). The molecule has 0 unspecified atom stereocenters. The van der Waals surface area contributed by atoms with Gasteiger partial charge in [0.25, 0.3) is 0 Å². The van der Waals surface area contributed by atoms with E-state index < -0.39 is 0 Å². The number of aromatic nitrogens is 3. The Kier molecular flexibility index (Phi) is 4.75. The molecule has 27 heavy (non-hydrogen) atoms. The summed E-state index contributed by atoms with van der Waals surface area (Å²) in [6.45, 7) is 5.53. The van der Waals surface area contributed by atoms with Gasteiger partial charge in [-0.2, -0.15) is 5.26 Å². The average Bonchev–Trinajstić information content (AvgIpc) is 3.19. The highest BCUT2D eigenvalue weighted by atomic mass is 15.5. The largest absolute Gasteiger partial charge is 0.368 e. The van der Waals surface area contributed by atoms with Crippen LogP contribution in [0.3, 0.4) is 0 Å². The van der Waals surface area contributed by atoms with Crippen molar-refractivity contribution in [3.8, 4) is 11.8 Å². The molecule has 0 amide bonds. The molecule has 2 heterocycles. The maximum absolute atomic E-state index is 9.56. The molecular weight excluding hydrogens is 336 g/mol. The monoisotopic (exact) mass is 358 g/mol. The van der Waals surface area contributed by atoms with Crippen molar-refractivity contribution in [1.29, 1.82) is 5.26 Å². The van der Waals surface area contributed by atoms with E-state index in [2.05, 4.69) is 63.3 Å². The summed E-state index contributed by atoms with van der Waals surface area (Å²) >= 11 is 0. The molecule has 0 bridgehead atoms. The molecule has 0 aliphatic carbocycles. The number of nitriles is 1. The first-order valence-corrected chi connectivity index (χ1v) is 9.31. The van der Waals surface area contributed by atoms with Gasteiger partial charge in [-0.05, 0) is 30.2 Å². The van der Waals surface area contributed by atoms with Gasteiger partial charge in [0, 0.05) is 31.9 Å². The minimum atomic E-state index is 0.383. The Morgan fingerprint density at radius 3 is 2.26 bits per heavy atom. The van der Waals surface area contributed by atoms with Crippen LogP contribution in [0.1, 0.15) is 18.2 Å². The fourth-order valence-electron chi connectivity index (χ4n) is 3.51. The van der Waals surface area contributed by atoms with E-state index in [9.17, 15) is 5.26 Å². The minimum Gasteiger partial charge on any atom is -0.368 e. The summed E-state index contributed by atoms with van der Waals surface area (Å²) in [5, 5.41) is 18.7. The molecule has 1 aliphatic rings. The van der Waals surface area contributed by atoms with Gasteiger partial charge in [0.05, 0.1) is 5.69 Å². The molecular formula is C21H22N6. The third-order valence-electron chi connectivity index (χ3n) is 4.99. The van der Waals surface area contributed by atoms with Crippen LogP contribution in [0.2, 0.25) is 0 Å². The van der Waals surface area contributed by atoms with E-state index in [0.717, 1.165) is 43.9 Å². The summed E-state index contributed by atoms with van der Waals surface area (Å²) in [6.07, 6.45) is 0.894. The van der Waals surface area contributed by atoms with Crippen molar-refractivity contribution in [2.24, 2.45) is 0 Å². The van der Waals surface area contributed by atoms with E-state index in [1.165, 1.54) is 5.69 Å². The molecule has 136 valence electrons. The molecule has 0 spiro atoms. The van der Waals surface area contributed by atoms with Crippen LogP contribution < -0.4 is 9.80 Å². The number of nitrogens with zero attached hydrogens (tertiary/aromatic N) is 6. The highest BCUT2D eigenvalue weighted by Crippen LogP contribution is 2.23. The Bertz CT molecular complexity index is 948. The molecule has 3 aromatic rings. The van der Waals surface area contributed by atoms with Crippen molar-refractivity contribution in [1.82, 2.24) is 15.0 Å². The Hall–Kier alpha value is -3.33. The summed E-state index contributed by atoms with van der Waals surface area (Å²) in [5.41, 5.74) is 3.72. The average molecular weight is 358 g/mol. The lowest BCUT2D eigenvalue weighted by Gasteiger charge is -2.36. The van der Waals surface area contributed by atoms with Gasteiger partial charge < -0.3 is 9.80 Å². The number of aryl methyl sites for hydroxylation is 1. The molecule has 2 aromatic carbocycles. The molecule has 1 fully saturated rings. The summed E-state index contributed by atoms with van der Waals surface area (Å²) in [5.74, 6) is 0.677. The third-order valence-corrected chi connectivity index (χ3v) is 4.99. The molecule has 1 saturated heterocycles. The normalized spacial score (nSPS) is 14.2. The topological polar surface area (TPSA) is 61.0 Å². The first kappa shape index (κ1) is 17.1. The Morgan fingerprint density at radius 1 is 0.889 bits per heavy atom. The molecule has 1 aromatic heterocycles. The summed E-state index contributed by atoms with van der Waals surface area (Å²) in [7, 11) is 0. The Labute approximate surface area is 159 Å². The molecule has 0 saturated carbocycles. The number of anilines is 2. The van der Waals surface area contributed by atoms with Crippen molar-refractivity contribution < 1.29 is 0 Å². The van der Waals surface area contributed by atoms with Crippen molar-refractivity contribution in [2.75, 3.05) is 36.0 Å². The quantitative estimate of drug-likeness (QED) is 0.717. The molecule has 6 heteroatoms. The Morgan fingerprint density at radius 2 is 1.56 bits per heavy atom. The smallest absolute Gasteiger partial charge is 0.207 e. The van der Waals surface area contributed by atoms with Crippen molar-refractivity contribution in [2.45, 2.75) is 13.3 Å². The highest BCUT2D eigenvalue weighted by Gasteiger charge is 2.24. The number of rotatable bonds is 4. The zero-order chi connectivity index (χ0) is 18.6. The van der Waals surface area contributed by atoms with Crippen LogP contribution in [0.4, 0.5) is 11.5 Å². The SMILES string of the molecule is CCc1ccccc1-n1nc(C#N)c(N2CCN(c3ccccc3)CC2)n1. The van der Waals surface area contributed by atoms with E-state index >= 15 is 0 Å². The second-order valence-corrected chi connectivity index (χ2v) is 6.57. The van der Waals surface area contributed by atoms with Gasteiger partial charge in [0.2, 0.25) is 5.69 Å². The number of para-hydroxylation sites is 2. The number of piperazine rings is 1.